The topological polar surface area (TPSA) is 101 Å². The third kappa shape index (κ3) is 5.06. The van der Waals surface area contributed by atoms with Crippen molar-refractivity contribution in [1.29, 1.82) is 0 Å². The Morgan fingerprint density at radius 1 is 1.29 bits per heavy atom. The maximum Gasteiger partial charge on any atom is 0.302 e. The molecule has 1 fully saturated rings. The molecule has 2 N–H and O–H groups in total. The lowest BCUT2D eigenvalue weighted by Gasteiger charge is -2.45. The summed E-state index contributed by atoms with van der Waals surface area (Å²) in [6.07, 6.45) is 6.31. The number of phenolic OH excluding ortho intramolecular Hbond substituents is 2. The van der Waals surface area contributed by atoms with E-state index in [0.717, 1.165) is 5.57 Å². The number of benzene rings is 1. The summed E-state index contributed by atoms with van der Waals surface area (Å²) in [6, 6.07) is 1.46. The smallest absolute Gasteiger partial charge is 0.302 e. The second kappa shape index (κ2) is 9.50. The van der Waals surface area contributed by atoms with Gasteiger partial charge in [-0.2, -0.15) is 0 Å². The minimum absolute atomic E-state index is 0.0477. The predicted octanol–water partition coefficient (Wildman–Crippen LogP) is 4.45. The average Bonchev–Trinajstić information content (AvgIpc) is 2.68. The molecule has 168 valence electrons. The minimum Gasteiger partial charge on any atom is -0.508 e. The zero-order chi connectivity index (χ0) is 23.5. The second-order valence-electron chi connectivity index (χ2n) is 8.75. The van der Waals surface area contributed by atoms with Crippen molar-refractivity contribution in [1.82, 2.24) is 0 Å². The van der Waals surface area contributed by atoms with Crippen LogP contribution in [0.2, 0.25) is 0 Å². The summed E-state index contributed by atoms with van der Waals surface area (Å²) < 4.78 is 5.40. The van der Waals surface area contributed by atoms with E-state index in [9.17, 15) is 24.6 Å². The monoisotopic (exact) mass is 428 g/mol. The predicted molar refractivity (Wildman–Crippen MR) is 118 cm³/mol. The molecule has 0 heterocycles. The summed E-state index contributed by atoms with van der Waals surface area (Å²) in [7, 11) is 0. The number of hydrogen-bond acceptors (Lipinski definition) is 6. The second-order valence-corrected chi connectivity index (χ2v) is 8.75. The van der Waals surface area contributed by atoms with E-state index < -0.39 is 17.5 Å². The van der Waals surface area contributed by atoms with Crippen LogP contribution in [0.3, 0.4) is 0 Å². The van der Waals surface area contributed by atoms with Crippen LogP contribution in [0.4, 0.5) is 0 Å². The SMILES string of the molecule is CC(=O)O[C@H]1CC(=O)[C@H](C)[C@@](C)(/C=C/C(C)=C/Cc2c(O)cc(C)c(C=O)c2O)[C@@H]1C. The molecule has 1 saturated carbocycles. The van der Waals surface area contributed by atoms with Crippen LogP contribution in [0.15, 0.2) is 29.9 Å². The number of phenols is 2. The summed E-state index contributed by atoms with van der Waals surface area (Å²) in [5, 5.41) is 20.5. The first-order chi connectivity index (χ1) is 14.4. The molecule has 0 unspecified atom stereocenters. The van der Waals surface area contributed by atoms with Crippen molar-refractivity contribution in [3.05, 3.63) is 46.6 Å². The Hall–Kier alpha value is -2.89. The number of esters is 1. The molecular formula is C25H32O6. The maximum atomic E-state index is 12.5. The van der Waals surface area contributed by atoms with E-state index in [1.54, 1.807) is 6.92 Å². The van der Waals surface area contributed by atoms with Crippen molar-refractivity contribution in [2.75, 3.05) is 0 Å². The van der Waals surface area contributed by atoms with E-state index in [1.807, 2.05) is 45.9 Å². The zero-order valence-corrected chi connectivity index (χ0v) is 19.1. The molecule has 1 aromatic rings. The Kier molecular flexibility index (Phi) is 7.47. The van der Waals surface area contributed by atoms with Crippen molar-refractivity contribution in [2.24, 2.45) is 17.3 Å². The lowest BCUT2D eigenvalue weighted by atomic mass is 9.60. The Morgan fingerprint density at radius 3 is 2.52 bits per heavy atom. The molecule has 0 radical (unpaired) electrons. The largest absolute Gasteiger partial charge is 0.508 e. The van der Waals surface area contributed by atoms with Gasteiger partial charge in [-0.1, -0.05) is 44.6 Å². The van der Waals surface area contributed by atoms with Crippen LogP contribution in [0, 0.1) is 24.2 Å². The van der Waals surface area contributed by atoms with Gasteiger partial charge in [-0.25, -0.2) is 0 Å². The van der Waals surface area contributed by atoms with Gasteiger partial charge in [0.25, 0.3) is 0 Å². The summed E-state index contributed by atoms with van der Waals surface area (Å²) in [4.78, 5) is 35.2. The Bertz CT molecular complexity index is 942. The third-order valence-corrected chi connectivity index (χ3v) is 6.75. The first-order valence-electron chi connectivity index (χ1n) is 10.5. The van der Waals surface area contributed by atoms with Gasteiger partial charge in [0, 0.05) is 36.2 Å². The van der Waals surface area contributed by atoms with Crippen LogP contribution in [-0.4, -0.2) is 34.4 Å². The Labute approximate surface area is 183 Å². The van der Waals surface area contributed by atoms with Crippen LogP contribution >= 0.6 is 0 Å². The maximum absolute atomic E-state index is 12.5. The minimum atomic E-state index is -0.497. The average molecular weight is 429 g/mol. The molecule has 0 saturated heterocycles. The van der Waals surface area contributed by atoms with E-state index in [4.69, 9.17) is 4.74 Å². The Morgan fingerprint density at radius 2 is 1.94 bits per heavy atom. The van der Waals surface area contributed by atoms with Gasteiger partial charge in [-0.05, 0) is 31.9 Å². The number of rotatable bonds is 6. The van der Waals surface area contributed by atoms with Gasteiger partial charge in [0.2, 0.25) is 0 Å². The molecule has 1 aliphatic carbocycles. The molecule has 6 nitrogen and oxygen atoms in total. The summed E-state index contributed by atoms with van der Waals surface area (Å²) in [6.45, 7) is 10.8. The lowest BCUT2D eigenvalue weighted by molar-refractivity contribution is -0.159. The third-order valence-electron chi connectivity index (χ3n) is 6.75. The van der Waals surface area contributed by atoms with Crippen LogP contribution in [0.25, 0.3) is 0 Å². The fourth-order valence-electron chi connectivity index (χ4n) is 4.18. The molecule has 0 spiro atoms. The number of allylic oxidation sites excluding steroid dienone is 4. The molecule has 2 rings (SSSR count). The van der Waals surface area contributed by atoms with Gasteiger partial charge in [-0.3, -0.25) is 14.4 Å². The molecule has 4 atom stereocenters. The zero-order valence-electron chi connectivity index (χ0n) is 19.1. The van der Waals surface area contributed by atoms with Gasteiger partial charge in [0.15, 0.2) is 6.29 Å². The fourth-order valence-corrected chi connectivity index (χ4v) is 4.18. The first-order valence-corrected chi connectivity index (χ1v) is 10.5. The number of aromatic hydroxyl groups is 2. The van der Waals surface area contributed by atoms with Crippen molar-refractivity contribution in [3.63, 3.8) is 0 Å². The van der Waals surface area contributed by atoms with Crippen molar-refractivity contribution in [3.8, 4) is 11.5 Å². The summed E-state index contributed by atoms with van der Waals surface area (Å²) in [5.74, 6) is -0.878. The van der Waals surface area contributed by atoms with Crippen LogP contribution in [-0.2, 0) is 20.7 Å². The van der Waals surface area contributed by atoms with Crippen molar-refractivity contribution in [2.45, 2.75) is 60.5 Å². The number of carbonyl (C=O) groups excluding carboxylic acids is 3. The van der Waals surface area contributed by atoms with Crippen LogP contribution in [0.5, 0.6) is 11.5 Å². The van der Waals surface area contributed by atoms with E-state index in [0.29, 0.717) is 11.8 Å². The number of hydrogen-bond donors (Lipinski definition) is 2. The van der Waals surface area contributed by atoms with Gasteiger partial charge < -0.3 is 14.9 Å². The molecule has 1 aliphatic rings. The molecular weight excluding hydrogens is 396 g/mol. The summed E-state index contributed by atoms with van der Waals surface area (Å²) >= 11 is 0. The number of aryl methyl sites for hydroxylation is 1. The van der Waals surface area contributed by atoms with Crippen molar-refractivity contribution >= 4 is 18.0 Å². The van der Waals surface area contributed by atoms with E-state index in [1.165, 1.54) is 13.0 Å². The quantitative estimate of drug-likeness (QED) is 0.394. The van der Waals surface area contributed by atoms with Crippen LogP contribution in [0.1, 0.15) is 62.5 Å². The highest BCUT2D eigenvalue weighted by Gasteiger charge is 2.48. The normalized spacial score (nSPS) is 26.8. The number of Topliss-reactive ketones (excluding diaryl/α,β-unsaturated/α-hetero) is 1. The number of aldehydes is 1. The van der Waals surface area contributed by atoms with Crippen LogP contribution < -0.4 is 0 Å². The molecule has 0 bridgehead atoms. The number of ketones is 1. The van der Waals surface area contributed by atoms with Gasteiger partial charge in [0.05, 0.1) is 5.56 Å². The molecule has 6 heteroatoms. The first kappa shape index (κ1) is 24.4. The molecule has 0 amide bonds. The fraction of sp³-hybridized carbons (Fsp3) is 0.480. The van der Waals surface area contributed by atoms with E-state index in [2.05, 4.69) is 0 Å². The van der Waals surface area contributed by atoms with E-state index >= 15 is 0 Å². The van der Waals surface area contributed by atoms with Gasteiger partial charge >= 0.3 is 5.97 Å². The molecule has 0 aromatic heterocycles. The van der Waals surface area contributed by atoms with Gasteiger partial charge in [-0.15, -0.1) is 0 Å². The summed E-state index contributed by atoms with van der Waals surface area (Å²) in [5.41, 5.74) is 1.34. The van der Waals surface area contributed by atoms with Crippen molar-refractivity contribution < 1.29 is 29.3 Å². The number of carbonyl (C=O) groups is 3. The highest BCUT2D eigenvalue weighted by molar-refractivity contribution is 5.84. The lowest BCUT2D eigenvalue weighted by Crippen LogP contribution is -2.48. The van der Waals surface area contributed by atoms with Gasteiger partial charge in [0.1, 0.15) is 23.4 Å². The highest BCUT2D eigenvalue weighted by atomic mass is 16.5. The Balaban J connectivity index is 2.27. The highest BCUT2D eigenvalue weighted by Crippen LogP contribution is 2.46. The van der Waals surface area contributed by atoms with E-state index in [-0.39, 0.29) is 53.1 Å². The molecule has 1 aromatic carbocycles. The molecule has 0 aliphatic heterocycles. The standard InChI is InChI=1S/C25H32O6/c1-14(7-8-19-22(29)11-15(2)20(13-26)24(19)30)9-10-25(6)16(3)21(28)12-23(17(25)4)31-18(5)27/h7,9-11,13,16-17,23,29-30H,8,12H2,1-6H3/b10-9+,14-7+/t16-,17+,23-,25+/m0/s1. The molecule has 31 heavy (non-hydrogen) atoms. The number of ether oxygens (including phenoxy) is 1.